The second kappa shape index (κ2) is 6.38. The minimum atomic E-state index is -3.74. The summed E-state index contributed by atoms with van der Waals surface area (Å²) >= 11 is 0. The van der Waals surface area contributed by atoms with Crippen molar-refractivity contribution in [2.75, 3.05) is 9.62 Å². The third-order valence-corrected chi connectivity index (χ3v) is 6.42. The van der Waals surface area contributed by atoms with Crippen LogP contribution in [0.4, 0.5) is 17.2 Å². The molecule has 0 bridgehead atoms. The molecule has 2 N–H and O–H groups in total. The normalized spacial score (nSPS) is 16.4. The fraction of sp³-hybridized carbons (Fsp3) is 0.263. The topological polar surface area (TPSA) is 91.0 Å². The van der Waals surface area contributed by atoms with Gasteiger partial charge in [0.25, 0.3) is 10.0 Å². The number of fused-ring (bicyclic) bond motifs is 1. The van der Waals surface area contributed by atoms with Gasteiger partial charge in [-0.15, -0.1) is 0 Å². The quantitative estimate of drug-likeness (QED) is 0.721. The number of aromatic amines is 1. The first kappa shape index (κ1) is 17.5. The second-order valence-corrected chi connectivity index (χ2v) is 8.44. The number of para-hydroxylation sites is 1. The molecule has 3 heterocycles. The predicted octanol–water partition coefficient (Wildman–Crippen LogP) is 3.31. The Balaban J connectivity index is 1.60. The molecule has 0 saturated carbocycles. The number of benzene rings is 1. The molecule has 8 heteroatoms. The van der Waals surface area contributed by atoms with E-state index in [-0.39, 0.29) is 10.7 Å². The van der Waals surface area contributed by atoms with Gasteiger partial charge in [-0.2, -0.15) is 5.10 Å². The first-order valence-electron chi connectivity index (χ1n) is 8.74. The summed E-state index contributed by atoms with van der Waals surface area (Å²) in [6, 6.07) is 12.2. The van der Waals surface area contributed by atoms with Crippen LogP contribution in [0.3, 0.4) is 0 Å². The van der Waals surface area contributed by atoms with Crippen LogP contribution in [0, 0.1) is 13.8 Å². The lowest BCUT2D eigenvalue weighted by atomic mass is 10.1. The van der Waals surface area contributed by atoms with Crippen LogP contribution in [0.5, 0.6) is 0 Å². The van der Waals surface area contributed by atoms with Gasteiger partial charge in [0.1, 0.15) is 10.7 Å². The first-order valence-corrected chi connectivity index (χ1v) is 10.2. The maximum absolute atomic E-state index is 12.6. The molecule has 0 amide bonds. The molecule has 0 radical (unpaired) electrons. The van der Waals surface area contributed by atoms with Crippen molar-refractivity contribution in [3.63, 3.8) is 0 Å². The largest absolute Gasteiger partial charge is 0.337 e. The molecule has 1 aliphatic heterocycles. The zero-order chi connectivity index (χ0) is 19.2. The maximum Gasteiger partial charge on any atom is 0.266 e. The molecule has 3 aromatic rings. The van der Waals surface area contributed by atoms with Crippen LogP contribution in [-0.2, 0) is 16.4 Å². The van der Waals surface area contributed by atoms with E-state index in [0.717, 1.165) is 12.1 Å². The highest BCUT2D eigenvalue weighted by Crippen LogP contribution is 2.37. The summed E-state index contributed by atoms with van der Waals surface area (Å²) in [5, 5.41) is 6.64. The summed E-state index contributed by atoms with van der Waals surface area (Å²) in [5.74, 6) is 0.277. The minimum absolute atomic E-state index is 0.162. The number of anilines is 3. The number of aryl methyl sites for hydroxylation is 2. The number of hydrogen-bond donors (Lipinski definition) is 2. The Kier molecular flexibility index (Phi) is 4.15. The molecule has 4 rings (SSSR count). The van der Waals surface area contributed by atoms with Crippen LogP contribution in [0.15, 0.2) is 47.5 Å². The van der Waals surface area contributed by atoms with Crippen molar-refractivity contribution in [1.82, 2.24) is 15.2 Å². The summed E-state index contributed by atoms with van der Waals surface area (Å²) in [6.07, 6.45) is 2.68. The van der Waals surface area contributed by atoms with Gasteiger partial charge in [0, 0.05) is 11.7 Å². The lowest BCUT2D eigenvalue weighted by Crippen LogP contribution is -2.24. The van der Waals surface area contributed by atoms with Gasteiger partial charge in [0.2, 0.25) is 0 Å². The van der Waals surface area contributed by atoms with E-state index >= 15 is 0 Å². The molecule has 2 aromatic heterocycles. The lowest BCUT2D eigenvalue weighted by molar-refractivity contribution is 0.600. The zero-order valence-electron chi connectivity index (χ0n) is 15.4. The van der Waals surface area contributed by atoms with Gasteiger partial charge in [-0.3, -0.25) is 9.82 Å². The van der Waals surface area contributed by atoms with Gasteiger partial charge >= 0.3 is 0 Å². The molecule has 7 nitrogen and oxygen atoms in total. The molecule has 1 atom stereocenters. The van der Waals surface area contributed by atoms with Crippen LogP contribution < -0.4 is 9.62 Å². The number of rotatable bonds is 4. The van der Waals surface area contributed by atoms with E-state index in [1.54, 1.807) is 26.1 Å². The Morgan fingerprint density at radius 1 is 1.19 bits per heavy atom. The van der Waals surface area contributed by atoms with E-state index in [9.17, 15) is 8.42 Å². The molecule has 1 aliphatic rings. The van der Waals surface area contributed by atoms with Gasteiger partial charge in [-0.1, -0.05) is 18.2 Å². The Hall–Kier alpha value is -2.87. The number of pyridine rings is 1. The van der Waals surface area contributed by atoms with Crippen molar-refractivity contribution in [3.05, 3.63) is 59.5 Å². The zero-order valence-corrected chi connectivity index (χ0v) is 16.2. The van der Waals surface area contributed by atoms with Gasteiger partial charge in [0.05, 0.1) is 23.3 Å². The fourth-order valence-corrected chi connectivity index (χ4v) is 5.05. The van der Waals surface area contributed by atoms with Gasteiger partial charge in [-0.25, -0.2) is 13.4 Å². The number of sulfonamides is 1. The van der Waals surface area contributed by atoms with E-state index < -0.39 is 10.0 Å². The second-order valence-electron chi connectivity index (χ2n) is 6.82. The number of hydrogen-bond acceptors (Lipinski definition) is 5. The maximum atomic E-state index is 12.6. The average Bonchev–Trinajstić information content (AvgIpc) is 3.14. The molecule has 1 aromatic carbocycles. The number of nitrogens with one attached hydrogen (secondary N) is 2. The van der Waals surface area contributed by atoms with Crippen LogP contribution in [0.1, 0.15) is 23.9 Å². The molecule has 0 saturated heterocycles. The highest BCUT2D eigenvalue weighted by Gasteiger charge is 2.27. The molecule has 140 valence electrons. The van der Waals surface area contributed by atoms with Crippen molar-refractivity contribution in [1.29, 1.82) is 0 Å². The van der Waals surface area contributed by atoms with Crippen molar-refractivity contribution in [2.45, 2.75) is 38.1 Å². The van der Waals surface area contributed by atoms with Crippen LogP contribution in [-0.4, -0.2) is 29.6 Å². The molecule has 0 spiro atoms. The summed E-state index contributed by atoms with van der Waals surface area (Å²) in [7, 11) is -3.74. The number of H-pyrrole nitrogens is 1. The third-order valence-electron chi connectivity index (χ3n) is 4.80. The Morgan fingerprint density at radius 3 is 2.63 bits per heavy atom. The van der Waals surface area contributed by atoms with Crippen LogP contribution in [0.2, 0.25) is 0 Å². The van der Waals surface area contributed by atoms with Crippen molar-refractivity contribution < 1.29 is 8.42 Å². The highest BCUT2D eigenvalue weighted by atomic mass is 32.2. The summed E-state index contributed by atoms with van der Waals surface area (Å²) in [6.45, 7) is 5.50. The van der Waals surface area contributed by atoms with Crippen molar-refractivity contribution in [3.8, 4) is 0 Å². The Labute approximate surface area is 158 Å². The summed E-state index contributed by atoms with van der Waals surface area (Å²) in [5.41, 5.74) is 4.34. The Bertz CT molecular complexity index is 1070. The van der Waals surface area contributed by atoms with E-state index in [2.05, 4.69) is 43.9 Å². The van der Waals surface area contributed by atoms with E-state index in [0.29, 0.717) is 17.4 Å². The Morgan fingerprint density at radius 2 is 1.96 bits per heavy atom. The monoisotopic (exact) mass is 383 g/mol. The van der Waals surface area contributed by atoms with Gasteiger partial charge in [0.15, 0.2) is 0 Å². The van der Waals surface area contributed by atoms with Crippen LogP contribution >= 0.6 is 0 Å². The standard InChI is InChI=1S/C19H21N5O2S/c1-12-10-15-6-4-5-7-17(15)24(12)16-8-9-18(20-11-16)23-27(25,26)19-13(2)21-22-14(19)3/h4-9,11-12H,10H2,1-3H3,(H,20,23)(H,21,22). The fourth-order valence-electron chi connectivity index (χ4n) is 3.67. The van der Waals surface area contributed by atoms with Crippen molar-refractivity contribution in [2.24, 2.45) is 0 Å². The molecular weight excluding hydrogens is 362 g/mol. The molecule has 0 fully saturated rings. The lowest BCUT2D eigenvalue weighted by Gasteiger charge is -2.24. The van der Waals surface area contributed by atoms with E-state index in [4.69, 9.17) is 0 Å². The van der Waals surface area contributed by atoms with Crippen molar-refractivity contribution >= 4 is 27.2 Å². The molecule has 27 heavy (non-hydrogen) atoms. The SMILES string of the molecule is Cc1n[nH]c(C)c1S(=O)(=O)Nc1ccc(N2c3ccccc3CC2C)cn1. The number of nitrogens with zero attached hydrogens (tertiary/aromatic N) is 3. The number of aromatic nitrogens is 3. The van der Waals surface area contributed by atoms with Crippen LogP contribution in [0.25, 0.3) is 0 Å². The molecular formula is C19H21N5O2S. The summed E-state index contributed by atoms with van der Waals surface area (Å²) in [4.78, 5) is 6.71. The highest BCUT2D eigenvalue weighted by molar-refractivity contribution is 7.92. The molecule has 1 unspecified atom stereocenters. The molecule has 0 aliphatic carbocycles. The van der Waals surface area contributed by atoms with E-state index in [1.807, 2.05) is 18.2 Å². The minimum Gasteiger partial charge on any atom is -0.337 e. The predicted molar refractivity (Wildman–Crippen MR) is 105 cm³/mol. The average molecular weight is 383 g/mol. The summed E-state index contributed by atoms with van der Waals surface area (Å²) < 4.78 is 27.8. The third kappa shape index (κ3) is 3.06. The first-order chi connectivity index (χ1) is 12.9. The smallest absolute Gasteiger partial charge is 0.266 e. The van der Waals surface area contributed by atoms with Gasteiger partial charge in [-0.05, 0) is 51.0 Å². The van der Waals surface area contributed by atoms with E-state index in [1.165, 1.54) is 11.3 Å². The van der Waals surface area contributed by atoms with Gasteiger partial charge < -0.3 is 4.90 Å².